The van der Waals surface area contributed by atoms with Gasteiger partial charge in [-0.2, -0.15) is 0 Å². The number of nitro benzene ring substituents is 1. The number of nitrogens with zero attached hydrogens (tertiary/aromatic N) is 1. The Morgan fingerprint density at radius 2 is 1.90 bits per heavy atom. The van der Waals surface area contributed by atoms with Crippen LogP contribution in [0.15, 0.2) is 42.5 Å². The second kappa shape index (κ2) is 6.25. The van der Waals surface area contributed by atoms with Crippen molar-refractivity contribution in [1.82, 2.24) is 0 Å². The van der Waals surface area contributed by atoms with E-state index in [1.165, 1.54) is 6.07 Å². The van der Waals surface area contributed by atoms with Crippen LogP contribution in [0.1, 0.15) is 5.56 Å². The highest BCUT2D eigenvalue weighted by Gasteiger charge is 2.13. The third-order valence-corrected chi connectivity index (χ3v) is 3.06. The normalized spacial score (nSPS) is 10.2. The molecule has 104 valence electrons. The van der Waals surface area contributed by atoms with Gasteiger partial charge < -0.3 is 10.4 Å². The van der Waals surface area contributed by atoms with E-state index < -0.39 is 4.92 Å². The van der Waals surface area contributed by atoms with Crippen molar-refractivity contribution in [3.8, 4) is 5.75 Å². The van der Waals surface area contributed by atoms with Gasteiger partial charge in [0.2, 0.25) is 0 Å². The van der Waals surface area contributed by atoms with Gasteiger partial charge >= 0.3 is 0 Å². The van der Waals surface area contributed by atoms with Gasteiger partial charge in [-0.25, -0.2) is 0 Å². The molecule has 0 unspecified atom stereocenters. The molecule has 0 aliphatic carbocycles. The fourth-order valence-electron chi connectivity index (χ4n) is 1.81. The molecule has 0 aliphatic heterocycles. The van der Waals surface area contributed by atoms with E-state index in [-0.39, 0.29) is 11.4 Å². The van der Waals surface area contributed by atoms with Gasteiger partial charge in [-0.3, -0.25) is 10.1 Å². The molecule has 20 heavy (non-hydrogen) atoms. The summed E-state index contributed by atoms with van der Waals surface area (Å²) >= 11 is 5.75. The Bertz CT molecular complexity index is 614. The van der Waals surface area contributed by atoms with Crippen LogP contribution in [0.3, 0.4) is 0 Å². The topological polar surface area (TPSA) is 75.4 Å². The number of halogens is 1. The van der Waals surface area contributed by atoms with Crippen LogP contribution >= 0.6 is 11.6 Å². The van der Waals surface area contributed by atoms with Gasteiger partial charge in [0.25, 0.3) is 5.69 Å². The highest BCUT2D eigenvalue weighted by molar-refractivity contribution is 6.30. The predicted molar refractivity (Wildman–Crippen MR) is 78.4 cm³/mol. The highest BCUT2D eigenvalue weighted by atomic mass is 35.5. The number of hydrogen-bond acceptors (Lipinski definition) is 4. The first-order chi connectivity index (χ1) is 9.56. The number of phenols is 1. The van der Waals surface area contributed by atoms with Crippen molar-refractivity contribution in [2.75, 3.05) is 11.9 Å². The van der Waals surface area contributed by atoms with Crippen LogP contribution in [0.25, 0.3) is 0 Å². The number of aromatic hydroxyl groups is 1. The minimum atomic E-state index is -0.464. The van der Waals surface area contributed by atoms with Crippen molar-refractivity contribution in [2.45, 2.75) is 6.42 Å². The van der Waals surface area contributed by atoms with E-state index in [4.69, 9.17) is 11.6 Å². The molecule has 0 heterocycles. The van der Waals surface area contributed by atoms with Gasteiger partial charge in [-0.1, -0.05) is 23.7 Å². The van der Waals surface area contributed by atoms with Crippen LogP contribution in [0, 0.1) is 10.1 Å². The molecule has 0 saturated carbocycles. The Balaban J connectivity index is 2.00. The van der Waals surface area contributed by atoms with Gasteiger partial charge in [0.15, 0.2) is 0 Å². The first-order valence-corrected chi connectivity index (χ1v) is 6.40. The van der Waals surface area contributed by atoms with Gasteiger partial charge in [0, 0.05) is 17.6 Å². The largest absolute Gasteiger partial charge is 0.508 e. The van der Waals surface area contributed by atoms with Gasteiger partial charge in [0.1, 0.15) is 11.4 Å². The zero-order chi connectivity index (χ0) is 14.5. The lowest BCUT2D eigenvalue weighted by Gasteiger charge is -2.07. The minimum Gasteiger partial charge on any atom is -0.508 e. The van der Waals surface area contributed by atoms with E-state index in [9.17, 15) is 15.2 Å². The summed E-state index contributed by atoms with van der Waals surface area (Å²) in [4.78, 5) is 10.5. The molecule has 2 aromatic carbocycles. The van der Waals surface area contributed by atoms with E-state index in [0.717, 1.165) is 5.56 Å². The summed E-state index contributed by atoms with van der Waals surface area (Å²) in [5.74, 6) is 0.218. The number of phenolic OH excluding ortho intramolecular Hbond substituents is 1. The fourth-order valence-corrected chi connectivity index (χ4v) is 1.98. The lowest BCUT2D eigenvalue weighted by atomic mass is 10.1. The smallest absolute Gasteiger partial charge is 0.293 e. The second-order valence-electron chi connectivity index (χ2n) is 4.26. The summed E-state index contributed by atoms with van der Waals surface area (Å²) in [6.45, 7) is 0.549. The van der Waals surface area contributed by atoms with Gasteiger partial charge in [-0.15, -0.1) is 0 Å². The first-order valence-electron chi connectivity index (χ1n) is 6.02. The number of hydrogen-bond donors (Lipinski definition) is 2. The molecule has 0 fully saturated rings. The maximum atomic E-state index is 10.9. The third kappa shape index (κ3) is 3.61. The SMILES string of the molecule is O=[N+]([O-])c1cc(Cl)ccc1NCCc1ccc(O)cc1. The fraction of sp³-hybridized carbons (Fsp3) is 0.143. The molecule has 0 saturated heterocycles. The highest BCUT2D eigenvalue weighted by Crippen LogP contribution is 2.27. The average Bonchev–Trinajstić information content (AvgIpc) is 2.42. The lowest BCUT2D eigenvalue weighted by molar-refractivity contribution is -0.383. The Hall–Kier alpha value is -2.27. The van der Waals surface area contributed by atoms with Crippen molar-refractivity contribution >= 4 is 23.0 Å². The molecule has 5 nitrogen and oxygen atoms in total. The maximum absolute atomic E-state index is 10.9. The zero-order valence-corrected chi connectivity index (χ0v) is 11.3. The quantitative estimate of drug-likeness (QED) is 0.652. The summed E-state index contributed by atoms with van der Waals surface area (Å²) < 4.78 is 0. The zero-order valence-electron chi connectivity index (χ0n) is 10.5. The molecule has 0 aliphatic rings. The van der Waals surface area contributed by atoms with Gasteiger partial charge in [-0.05, 0) is 36.2 Å². The molecular formula is C14H13ClN2O3. The molecule has 0 spiro atoms. The van der Waals surface area contributed by atoms with Crippen LogP contribution < -0.4 is 5.32 Å². The molecule has 2 aromatic rings. The van der Waals surface area contributed by atoms with Crippen LogP contribution in [-0.2, 0) is 6.42 Å². The number of nitrogens with one attached hydrogen (secondary N) is 1. The second-order valence-corrected chi connectivity index (χ2v) is 4.70. The van der Waals surface area contributed by atoms with E-state index in [1.54, 1.807) is 24.3 Å². The predicted octanol–water partition coefficient (Wildman–Crippen LogP) is 3.61. The molecule has 0 bridgehead atoms. The van der Waals surface area contributed by atoms with E-state index in [1.807, 2.05) is 12.1 Å². The minimum absolute atomic E-state index is 0.0387. The standard InChI is InChI=1S/C14H13ClN2O3/c15-11-3-6-13(14(9-11)17(19)20)16-8-7-10-1-4-12(18)5-2-10/h1-6,9,16,18H,7-8H2. The van der Waals surface area contributed by atoms with E-state index in [0.29, 0.717) is 23.7 Å². The number of nitro groups is 1. The van der Waals surface area contributed by atoms with Crippen LogP contribution in [0.2, 0.25) is 5.02 Å². The molecule has 0 aromatic heterocycles. The molecule has 2 rings (SSSR count). The van der Waals surface area contributed by atoms with Crippen LogP contribution in [0.4, 0.5) is 11.4 Å². The molecule has 0 radical (unpaired) electrons. The Labute approximate surface area is 121 Å². The Kier molecular flexibility index (Phi) is 4.42. The van der Waals surface area contributed by atoms with Crippen molar-refractivity contribution in [1.29, 1.82) is 0 Å². The molecule has 0 atom stereocenters. The number of anilines is 1. The van der Waals surface area contributed by atoms with Crippen molar-refractivity contribution < 1.29 is 10.0 Å². The van der Waals surface area contributed by atoms with E-state index >= 15 is 0 Å². The van der Waals surface area contributed by atoms with Crippen molar-refractivity contribution in [3.05, 3.63) is 63.2 Å². The molecule has 2 N–H and O–H groups in total. The van der Waals surface area contributed by atoms with Crippen LogP contribution in [-0.4, -0.2) is 16.6 Å². The summed E-state index contributed by atoms with van der Waals surface area (Å²) in [6.07, 6.45) is 0.695. The Morgan fingerprint density at radius 1 is 1.20 bits per heavy atom. The maximum Gasteiger partial charge on any atom is 0.293 e. The molecule has 0 amide bonds. The summed E-state index contributed by atoms with van der Waals surface area (Å²) in [7, 11) is 0. The third-order valence-electron chi connectivity index (χ3n) is 2.82. The monoisotopic (exact) mass is 292 g/mol. The summed E-state index contributed by atoms with van der Waals surface area (Å²) in [5, 5.41) is 23.5. The average molecular weight is 293 g/mol. The lowest BCUT2D eigenvalue weighted by Crippen LogP contribution is -2.06. The van der Waals surface area contributed by atoms with E-state index in [2.05, 4.69) is 5.32 Å². The molecule has 6 heteroatoms. The molecular weight excluding hydrogens is 280 g/mol. The first kappa shape index (κ1) is 14.1. The number of rotatable bonds is 5. The summed E-state index contributed by atoms with van der Waals surface area (Å²) in [5.41, 5.74) is 1.44. The summed E-state index contributed by atoms with van der Waals surface area (Å²) in [6, 6.07) is 11.4. The Morgan fingerprint density at radius 3 is 2.55 bits per heavy atom. The van der Waals surface area contributed by atoms with Crippen molar-refractivity contribution in [2.24, 2.45) is 0 Å². The van der Waals surface area contributed by atoms with Gasteiger partial charge in [0.05, 0.1) is 4.92 Å². The number of benzene rings is 2. The van der Waals surface area contributed by atoms with Crippen molar-refractivity contribution in [3.63, 3.8) is 0 Å². The van der Waals surface area contributed by atoms with Crippen LogP contribution in [0.5, 0.6) is 5.75 Å².